The second kappa shape index (κ2) is 8.65. The average Bonchev–Trinajstić information content (AvgIpc) is 2.76. The number of rotatable bonds is 5. The summed E-state index contributed by atoms with van der Waals surface area (Å²) in [7, 11) is 0. The molecular formula is C23H20ClFN6. The third kappa shape index (κ3) is 4.78. The first-order valence-corrected chi connectivity index (χ1v) is 10.0. The molecule has 6 nitrogen and oxygen atoms in total. The number of anilines is 2. The maximum absolute atomic E-state index is 13.9. The lowest BCUT2D eigenvalue weighted by Gasteiger charge is -2.17. The summed E-state index contributed by atoms with van der Waals surface area (Å²) in [5.74, 6) is 0.981. The lowest BCUT2D eigenvalue weighted by molar-refractivity contribution is 0.628. The Labute approximate surface area is 184 Å². The van der Waals surface area contributed by atoms with Crippen molar-refractivity contribution >= 4 is 23.4 Å². The van der Waals surface area contributed by atoms with Gasteiger partial charge in [-0.15, -0.1) is 0 Å². The standard InChI is InChI=1S/C23H20ClFN6/c1-13(15-4-3-5-16(8-15)18-11-27-23(26)28-12-18)29-22-10-21(30-14(2)31-22)17-6-7-19(24)20(25)9-17/h3-13H,1-2H3,(H2,26,27,28)(H,29,30,31). The molecule has 156 valence electrons. The molecule has 0 aliphatic rings. The molecule has 0 aliphatic carbocycles. The van der Waals surface area contributed by atoms with E-state index >= 15 is 0 Å². The van der Waals surface area contributed by atoms with Crippen LogP contribution in [0.25, 0.3) is 22.4 Å². The van der Waals surface area contributed by atoms with E-state index in [1.54, 1.807) is 31.5 Å². The summed E-state index contributed by atoms with van der Waals surface area (Å²) in [6.07, 6.45) is 3.40. The molecule has 1 unspecified atom stereocenters. The van der Waals surface area contributed by atoms with Crippen LogP contribution in [0.5, 0.6) is 0 Å². The maximum Gasteiger partial charge on any atom is 0.219 e. The van der Waals surface area contributed by atoms with Gasteiger partial charge >= 0.3 is 0 Å². The molecule has 31 heavy (non-hydrogen) atoms. The second-order valence-corrected chi connectivity index (χ2v) is 7.54. The van der Waals surface area contributed by atoms with Crippen molar-refractivity contribution in [3.63, 3.8) is 0 Å². The van der Waals surface area contributed by atoms with E-state index in [0.29, 0.717) is 22.9 Å². The zero-order valence-electron chi connectivity index (χ0n) is 17.0. The molecule has 8 heteroatoms. The highest BCUT2D eigenvalue weighted by molar-refractivity contribution is 6.30. The first kappa shape index (κ1) is 20.7. The van der Waals surface area contributed by atoms with Crippen molar-refractivity contribution in [2.45, 2.75) is 19.9 Å². The minimum absolute atomic E-state index is 0.0428. The molecule has 0 bridgehead atoms. The lowest BCUT2D eigenvalue weighted by atomic mass is 10.0. The molecule has 0 spiro atoms. The largest absolute Gasteiger partial charge is 0.368 e. The van der Waals surface area contributed by atoms with Gasteiger partial charge in [-0.05, 0) is 43.2 Å². The van der Waals surface area contributed by atoms with Crippen LogP contribution in [-0.2, 0) is 0 Å². The first-order valence-electron chi connectivity index (χ1n) is 9.64. The second-order valence-electron chi connectivity index (χ2n) is 7.14. The van der Waals surface area contributed by atoms with E-state index in [-0.39, 0.29) is 17.0 Å². The molecule has 2 heterocycles. The minimum atomic E-state index is -0.484. The Morgan fingerprint density at radius 3 is 2.48 bits per heavy atom. The number of aryl methyl sites for hydroxylation is 1. The van der Waals surface area contributed by atoms with Gasteiger partial charge in [0.1, 0.15) is 17.5 Å². The fourth-order valence-corrected chi connectivity index (χ4v) is 3.34. The Morgan fingerprint density at radius 1 is 0.968 bits per heavy atom. The predicted octanol–water partition coefficient (Wildman–Crippen LogP) is 5.46. The van der Waals surface area contributed by atoms with Crippen molar-refractivity contribution in [2.24, 2.45) is 0 Å². The Kier molecular flexibility index (Phi) is 5.77. The number of nitrogens with zero attached hydrogens (tertiary/aromatic N) is 4. The molecule has 3 N–H and O–H groups in total. The Balaban J connectivity index is 1.59. The highest BCUT2D eigenvalue weighted by Crippen LogP contribution is 2.27. The number of aromatic nitrogens is 4. The van der Waals surface area contributed by atoms with Gasteiger partial charge in [-0.25, -0.2) is 24.3 Å². The number of hydrogen-bond acceptors (Lipinski definition) is 6. The van der Waals surface area contributed by atoms with Crippen molar-refractivity contribution in [2.75, 3.05) is 11.1 Å². The highest BCUT2D eigenvalue weighted by atomic mass is 35.5. The van der Waals surface area contributed by atoms with Gasteiger partial charge in [-0.1, -0.05) is 35.9 Å². The molecule has 4 rings (SSSR count). The minimum Gasteiger partial charge on any atom is -0.368 e. The van der Waals surface area contributed by atoms with Crippen molar-refractivity contribution < 1.29 is 4.39 Å². The smallest absolute Gasteiger partial charge is 0.219 e. The molecule has 0 fully saturated rings. The molecule has 4 aromatic rings. The number of halogens is 2. The summed E-state index contributed by atoms with van der Waals surface area (Å²) in [6.45, 7) is 3.84. The Bertz CT molecular complexity index is 1230. The average molecular weight is 435 g/mol. The van der Waals surface area contributed by atoms with E-state index in [9.17, 15) is 4.39 Å². The normalized spacial score (nSPS) is 11.9. The van der Waals surface area contributed by atoms with Crippen molar-refractivity contribution in [1.82, 2.24) is 19.9 Å². The molecule has 0 saturated heterocycles. The fraction of sp³-hybridized carbons (Fsp3) is 0.130. The molecular weight excluding hydrogens is 415 g/mol. The van der Waals surface area contributed by atoms with E-state index in [1.165, 1.54) is 12.1 Å². The van der Waals surface area contributed by atoms with Crippen LogP contribution in [0.3, 0.4) is 0 Å². The van der Waals surface area contributed by atoms with Gasteiger partial charge in [-0.3, -0.25) is 0 Å². The number of benzene rings is 2. The third-order valence-corrected chi connectivity index (χ3v) is 5.12. The van der Waals surface area contributed by atoms with Gasteiger partial charge in [0.2, 0.25) is 5.95 Å². The summed E-state index contributed by atoms with van der Waals surface area (Å²) in [5.41, 5.74) is 9.76. The number of nitrogens with two attached hydrogens (primary N) is 1. The molecule has 0 aliphatic heterocycles. The van der Waals surface area contributed by atoms with E-state index < -0.39 is 5.82 Å². The molecule has 0 radical (unpaired) electrons. The SMILES string of the molecule is Cc1nc(NC(C)c2cccc(-c3cnc(N)nc3)c2)cc(-c2ccc(Cl)c(F)c2)n1. The van der Waals surface area contributed by atoms with Crippen LogP contribution in [0.2, 0.25) is 5.02 Å². The summed E-state index contributed by atoms with van der Waals surface area (Å²) in [5, 5.41) is 3.48. The summed E-state index contributed by atoms with van der Waals surface area (Å²) in [6, 6.07) is 14.4. The van der Waals surface area contributed by atoms with Gasteiger partial charge < -0.3 is 11.1 Å². The molecule has 1 atom stereocenters. The van der Waals surface area contributed by atoms with Crippen LogP contribution in [0.4, 0.5) is 16.2 Å². The van der Waals surface area contributed by atoms with E-state index in [1.807, 2.05) is 25.1 Å². The highest BCUT2D eigenvalue weighted by Gasteiger charge is 2.12. The van der Waals surface area contributed by atoms with Gasteiger partial charge in [0.15, 0.2) is 0 Å². The number of hydrogen-bond donors (Lipinski definition) is 2. The van der Waals surface area contributed by atoms with Gasteiger partial charge in [-0.2, -0.15) is 0 Å². The van der Waals surface area contributed by atoms with Crippen molar-refractivity contribution in [3.8, 4) is 22.4 Å². The van der Waals surface area contributed by atoms with E-state index in [2.05, 4.69) is 31.3 Å². The zero-order chi connectivity index (χ0) is 22.0. The van der Waals surface area contributed by atoms with Crippen molar-refractivity contribution in [3.05, 3.63) is 83.2 Å². The lowest BCUT2D eigenvalue weighted by Crippen LogP contribution is -2.09. The van der Waals surface area contributed by atoms with Crippen LogP contribution < -0.4 is 11.1 Å². The number of nitrogen functional groups attached to an aromatic ring is 1. The third-order valence-electron chi connectivity index (χ3n) is 4.81. The maximum atomic E-state index is 13.9. The van der Waals surface area contributed by atoms with Crippen LogP contribution >= 0.6 is 11.6 Å². The Hall–Kier alpha value is -3.58. The van der Waals surface area contributed by atoms with Crippen LogP contribution in [-0.4, -0.2) is 19.9 Å². The summed E-state index contributed by atoms with van der Waals surface area (Å²) >= 11 is 5.80. The Morgan fingerprint density at radius 2 is 1.74 bits per heavy atom. The topological polar surface area (TPSA) is 89.6 Å². The molecule has 2 aromatic heterocycles. The number of nitrogens with one attached hydrogen (secondary N) is 1. The van der Waals surface area contributed by atoms with Crippen molar-refractivity contribution in [1.29, 1.82) is 0 Å². The summed E-state index contributed by atoms with van der Waals surface area (Å²) in [4.78, 5) is 17.0. The van der Waals surface area contributed by atoms with Crippen LogP contribution in [0.15, 0.2) is 60.9 Å². The van der Waals surface area contributed by atoms with E-state index in [0.717, 1.165) is 16.7 Å². The predicted molar refractivity (Wildman–Crippen MR) is 121 cm³/mol. The summed E-state index contributed by atoms with van der Waals surface area (Å²) < 4.78 is 13.9. The monoisotopic (exact) mass is 434 g/mol. The molecule has 2 aromatic carbocycles. The van der Waals surface area contributed by atoms with Gasteiger partial charge in [0.25, 0.3) is 0 Å². The van der Waals surface area contributed by atoms with Crippen LogP contribution in [0.1, 0.15) is 24.4 Å². The molecule has 0 saturated carbocycles. The zero-order valence-corrected chi connectivity index (χ0v) is 17.7. The van der Waals surface area contributed by atoms with E-state index in [4.69, 9.17) is 17.3 Å². The van der Waals surface area contributed by atoms with Gasteiger partial charge in [0, 0.05) is 35.6 Å². The quantitative estimate of drug-likeness (QED) is 0.433. The van der Waals surface area contributed by atoms with Crippen LogP contribution in [0, 0.1) is 12.7 Å². The fourth-order valence-electron chi connectivity index (χ4n) is 3.22. The van der Waals surface area contributed by atoms with Gasteiger partial charge in [0.05, 0.1) is 10.7 Å². The first-order chi connectivity index (χ1) is 14.9. The molecule has 0 amide bonds.